The largest absolute Gasteiger partial charge is 0.414 e. The predicted molar refractivity (Wildman–Crippen MR) is 143 cm³/mol. The average Bonchev–Trinajstić information content (AvgIpc) is 3.10. The van der Waals surface area contributed by atoms with E-state index in [1.807, 2.05) is 0 Å². The van der Waals surface area contributed by atoms with Crippen molar-refractivity contribution in [3.8, 4) is 0 Å². The summed E-state index contributed by atoms with van der Waals surface area (Å²) in [5.41, 5.74) is 2.83. The predicted octanol–water partition coefficient (Wildman–Crippen LogP) is 8.58. The van der Waals surface area contributed by atoms with Crippen molar-refractivity contribution in [2.24, 2.45) is 34.5 Å². The molecule has 0 radical (unpaired) electrons. The number of hydrogen-bond acceptors (Lipinski definition) is 2. The quantitative estimate of drug-likeness (QED) is 0.309. The number of rotatable bonds is 5. The molecule has 4 heteroatoms. The van der Waals surface area contributed by atoms with E-state index in [-0.39, 0.29) is 21.7 Å². The van der Waals surface area contributed by atoms with Crippen LogP contribution in [0.15, 0.2) is 23.0 Å². The molecule has 0 aromatic carbocycles. The molecule has 0 aromatic heterocycles. The van der Waals surface area contributed by atoms with Gasteiger partial charge in [-0.05, 0) is 110 Å². The third-order valence-electron chi connectivity index (χ3n) is 11.4. The first kappa shape index (κ1) is 26.6. The number of aliphatic hydroxyl groups is 1. The van der Waals surface area contributed by atoms with Gasteiger partial charge in [0.05, 0.1) is 6.61 Å². The first-order chi connectivity index (χ1) is 15.8. The van der Waals surface area contributed by atoms with Crippen molar-refractivity contribution >= 4 is 8.32 Å². The van der Waals surface area contributed by atoms with Crippen LogP contribution in [0.1, 0.15) is 99.3 Å². The maximum atomic E-state index is 14.7. The molecular weight excluding hydrogens is 439 g/mol. The van der Waals surface area contributed by atoms with Gasteiger partial charge in [-0.3, -0.25) is 0 Å². The Morgan fingerprint density at radius 3 is 2.38 bits per heavy atom. The third-order valence-corrected chi connectivity index (χ3v) is 15.9. The average molecular weight is 491 g/mol. The molecule has 0 spiro atoms. The van der Waals surface area contributed by atoms with Gasteiger partial charge < -0.3 is 9.53 Å². The molecule has 3 fully saturated rings. The Hall–Kier alpha value is -0.453. The molecule has 0 saturated heterocycles. The summed E-state index contributed by atoms with van der Waals surface area (Å²) < 4.78 is 21.7. The Labute approximate surface area is 209 Å². The second-order valence-corrected chi connectivity index (χ2v) is 18.9. The molecule has 1 N–H and O–H groups in total. The Morgan fingerprint density at radius 2 is 1.76 bits per heavy atom. The Kier molecular flexibility index (Phi) is 7.15. The summed E-state index contributed by atoms with van der Waals surface area (Å²) in [6.45, 7) is 18.6. The molecule has 4 aliphatic rings. The first-order valence-electron chi connectivity index (χ1n) is 14.2. The molecule has 194 valence electrons. The molecule has 4 aliphatic carbocycles. The van der Waals surface area contributed by atoms with Crippen LogP contribution in [0, 0.1) is 34.5 Å². The summed E-state index contributed by atoms with van der Waals surface area (Å²) in [4.78, 5) is 0. The van der Waals surface area contributed by atoms with Crippen molar-refractivity contribution in [1.29, 1.82) is 0 Å². The summed E-state index contributed by atoms with van der Waals surface area (Å²) in [6.07, 6.45) is 13.2. The SMILES string of the molecule is CCC[C@H]1C=C2CC(O[Si](C)(C)C(C)(C)C)CC[C@]2(C)[C@H]2CC[C@]3(C)C(=C(F)CO)CC[C@H]3[C@H]12. The summed E-state index contributed by atoms with van der Waals surface area (Å²) >= 11 is 0. The van der Waals surface area contributed by atoms with Gasteiger partial charge in [0, 0.05) is 6.10 Å². The highest BCUT2D eigenvalue weighted by atomic mass is 28.4. The van der Waals surface area contributed by atoms with Crippen LogP contribution >= 0.6 is 0 Å². The molecule has 0 aliphatic heterocycles. The molecule has 4 rings (SSSR count). The zero-order valence-corrected chi connectivity index (χ0v) is 24.3. The molecule has 1 unspecified atom stereocenters. The minimum Gasteiger partial charge on any atom is -0.414 e. The highest BCUT2D eigenvalue weighted by Gasteiger charge is 2.60. The van der Waals surface area contributed by atoms with Crippen LogP contribution in [0.25, 0.3) is 0 Å². The normalized spacial score (nSPS) is 41.9. The minimum atomic E-state index is -1.78. The topological polar surface area (TPSA) is 29.5 Å². The smallest absolute Gasteiger partial charge is 0.192 e. The van der Waals surface area contributed by atoms with Gasteiger partial charge in [-0.1, -0.05) is 59.6 Å². The number of halogens is 1. The third kappa shape index (κ3) is 4.22. The lowest BCUT2D eigenvalue weighted by Crippen LogP contribution is -2.53. The van der Waals surface area contributed by atoms with Crippen LogP contribution in [0.2, 0.25) is 18.1 Å². The summed E-state index contributed by atoms with van der Waals surface area (Å²) in [5, 5.41) is 9.81. The Balaban J connectivity index is 1.65. The second kappa shape index (κ2) is 9.13. The molecule has 34 heavy (non-hydrogen) atoms. The maximum absolute atomic E-state index is 14.7. The molecule has 0 aromatic rings. The van der Waals surface area contributed by atoms with Crippen molar-refractivity contribution in [2.45, 2.75) is 124 Å². The van der Waals surface area contributed by atoms with Gasteiger partial charge in [-0.25, -0.2) is 4.39 Å². The molecular formula is C30H51FO2Si. The maximum Gasteiger partial charge on any atom is 0.192 e. The van der Waals surface area contributed by atoms with E-state index in [4.69, 9.17) is 4.43 Å². The fraction of sp³-hybridized carbons (Fsp3) is 0.867. The molecule has 2 nitrogen and oxygen atoms in total. The van der Waals surface area contributed by atoms with E-state index in [0.717, 1.165) is 31.3 Å². The molecule has 3 saturated carbocycles. The number of aliphatic hydroxyl groups excluding tert-OH is 1. The van der Waals surface area contributed by atoms with Gasteiger partial charge in [-0.2, -0.15) is 0 Å². The van der Waals surface area contributed by atoms with E-state index < -0.39 is 14.9 Å². The highest BCUT2D eigenvalue weighted by Crippen LogP contribution is 2.68. The fourth-order valence-corrected chi connectivity index (χ4v) is 9.84. The van der Waals surface area contributed by atoms with Crippen LogP contribution < -0.4 is 0 Å². The monoisotopic (exact) mass is 490 g/mol. The standard InChI is InChI=1S/C30H51FO2Si/c1-9-10-20-17-21-18-22(33-34(7,8)28(2,3)4)13-15-29(21,5)25-14-16-30(6)23(26(31)19-32)11-12-24(30)27(20)25/h17,20,22,24-25,27,32H,9-16,18-19H2,1-8H3/t20-,22?,24-,25-,27-,29-,30+/m0/s1. The van der Waals surface area contributed by atoms with Crippen LogP contribution in [-0.2, 0) is 4.43 Å². The molecule has 7 atom stereocenters. The minimum absolute atomic E-state index is 0.0652. The van der Waals surface area contributed by atoms with Gasteiger partial charge in [0.2, 0.25) is 0 Å². The molecule has 0 amide bonds. The van der Waals surface area contributed by atoms with E-state index in [2.05, 4.69) is 60.7 Å². The summed E-state index contributed by atoms with van der Waals surface area (Å²) in [5.74, 6) is 2.26. The van der Waals surface area contributed by atoms with E-state index in [1.54, 1.807) is 5.57 Å². The number of fused-ring (bicyclic) bond motifs is 5. The van der Waals surface area contributed by atoms with Crippen LogP contribution in [0.5, 0.6) is 0 Å². The van der Waals surface area contributed by atoms with E-state index in [0.29, 0.717) is 29.8 Å². The van der Waals surface area contributed by atoms with Crippen molar-refractivity contribution < 1.29 is 13.9 Å². The lowest BCUT2D eigenvalue weighted by molar-refractivity contribution is -0.0497. The van der Waals surface area contributed by atoms with Gasteiger partial charge in [0.15, 0.2) is 8.32 Å². The summed E-state index contributed by atoms with van der Waals surface area (Å²) in [7, 11) is -1.78. The van der Waals surface area contributed by atoms with Gasteiger partial charge >= 0.3 is 0 Å². The van der Waals surface area contributed by atoms with Crippen LogP contribution in [0.3, 0.4) is 0 Å². The van der Waals surface area contributed by atoms with E-state index in [9.17, 15) is 9.50 Å². The fourth-order valence-electron chi connectivity index (χ4n) is 8.45. The number of allylic oxidation sites excluding steroid dienone is 2. The van der Waals surface area contributed by atoms with Crippen LogP contribution in [0.4, 0.5) is 4.39 Å². The zero-order valence-electron chi connectivity index (χ0n) is 23.3. The first-order valence-corrected chi connectivity index (χ1v) is 17.1. The van der Waals surface area contributed by atoms with Gasteiger partial charge in [0.1, 0.15) is 5.83 Å². The summed E-state index contributed by atoms with van der Waals surface area (Å²) in [6, 6.07) is 0. The molecule has 0 bridgehead atoms. The Morgan fingerprint density at radius 1 is 1.12 bits per heavy atom. The van der Waals surface area contributed by atoms with E-state index >= 15 is 0 Å². The second-order valence-electron chi connectivity index (χ2n) is 14.1. The number of hydrogen-bond donors (Lipinski definition) is 1. The lowest BCUT2D eigenvalue weighted by atomic mass is 9.45. The van der Waals surface area contributed by atoms with Gasteiger partial charge in [0.25, 0.3) is 0 Å². The van der Waals surface area contributed by atoms with Crippen molar-refractivity contribution in [3.05, 3.63) is 23.0 Å². The Bertz CT molecular complexity index is 839. The van der Waals surface area contributed by atoms with Crippen molar-refractivity contribution in [1.82, 2.24) is 0 Å². The van der Waals surface area contributed by atoms with E-state index in [1.165, 1.54) is 32.1 Å². The lowest BCUT2D eigenvalue weighted by Gasteiger charge is -2.60. The highest BCUT2D eigenvalue weighted by molar-refractivity contribution is 6.74. The molecule has 0 heterocycles. The van der Waals surface area contributed by atoms with Crippen molar-refractivity contribution in [3.63, 3.8) is 0 Å². The van der Waals surface area contributed by atoms with Gasteiger partial charge in [-0.15, -0.1) is 0 Å². The van der Waals surface area contributed by atoms with Crippen LogP contribution in [-0.4, -0.2) is 26.1 Å². The van der Waals surface area contributed by atoms with Crippen molar-refractivity contribution in [2.75, 3.05) is 6.61 Å². The zero-order chi connectivity index (χ0) is 25.1.